The average Bonchev–Trinajstić information content (AvgIpc) is 2.48. The number of hydrazine groups is 1. The summed E-state index contributed by atoms with van der Waals surface area (Å²) in [5.41, 5.74) is 2.69. The van der Waals surface area contributed by atoms with Crippen LogP contribution in [-0.4, -0.2) is 29.0 Å². The smallest absolute Gasteiger partial charge is 0.243 e. The summed E-state index contributed by atoms with van der Waals surface area (Å²) in [6.45, 7) is 0. The molecule has 108 valence electrons. The van der Waals surface area contributed by atoms with Crippen molar-refractivity contribution in [3.8, 4) is 6.07 Å². The molecule has 4 N–H and O–H groups in total. The molecule has 0 spiro atoms. The first kappa shape index (κ1) is 14.4. The van der Waals surface area contributed by atoms with E-state index in [2.05, 4.69) is 25.7 Å². The van der Waals surface area contributed by atoms with Crippen LogP contribution in [0, 0.1) is 17.1 Å². The third-order valence-electron chi connectivity index (χ3n) is 2.50. The van der Waals surface area contributed by atoms with Crippen LogP contribution in [0.1, 0.15) is 5.56 Å². The minimum absolute atomic E-state index is 0.130. The van der Waals surface area contributed by atoms with E-state index < -0.39 is 5.82 Å². The Balaban J connectivity index is 2.35. The van der Waals surface area contributed by atoms with Crippen LogP contribution in [0.25, 0.3) is 0 Å². The third kappa shape index (κ3) is 3.31. The number of aromatic nitrogens is 3. The highest BCUT2D eigenvalue weighted by Crippen LogP contribution is 2.20. The summed E-state index contributed by atoms with van der Waals surface area (Å²) in [4.78, 5) is 13.8. The molecule has 9 heteroatoms. The molecular weight excluding hydrogens is 275 g/mol. The van der Waals surface area contributed by atoms with Crippen molar-refractivity contribution in [2.45, 2.75) is 0 Å². The standard InChI is InChI=1S/C12H13FN8/c1-21(2)12-18-10(17-11(19-12)20-15)16-9-4-3-7(6-14)5-8(9)13/h3-5H,15H2,1-2H3,(H2,16,17,18,19,20). The molecule has 2 aromatic rings. The summed E-state index contributed by atoms with van der Waals surface area (Å²) in [6, 6.07) is 5.90. The van der Waals surface area contributed by atoms with Crippen molar-refractivity contribution in [3.05, 3.63) is 29.6 Å². The van der Waals surface area contributed by atoms with Crippen LogP contribution >= 0.6 is 0 Å². The molecule has 0 saturated heterocycles. The van der Waals surface area contributed by atoms with Gasteiger partial charge in [-0.3, -0.25) is 5.43 Å². The van der Waals surface area contributed by atoms with Gasteiger partial charge in [0.15, 0.2) is 0 Å². The van der Waals surface area contributed by atoms with Crippen LogP contribution in [0.4, 0.5) is 27.9 Å². The quantitative estimate of drug-likeness (QED) is 0.563. The SMILES string of the molecule is CN(C)c1nc(NN)nc(Nc2ccc(C#N)cc2F)n1. The lowest BCUT2D eigenvalue weighted by Gasteiger charge is -2.13. The second-order valence-corrected chi connectivity index (χ2v) is 4.25. The van der Waals surface area contributed by atoms with E-state index in [1.807, 2.05) is 6.07 Å². The van der Waals surface area contributed by atoms with Gasteiger partial charge in [0.1, 0.15) is 5.82 Å². The van der Waals surface area contributed by atoms with Crippen LogP contribution in [0.5, 0.6) is 0 Å². The molecule has 0 aliphatic rings. The van der Waals surface area contributed by atoms with Crippen molar-refractivity contribution in [3.63, 3.8) is 0 Å². The molecule has 0 radical (unpaired) electrons. The molecule has 1 heterocycles. The monoisotopic (exact) mass is 288 g/mol. The zero-order chi connectivity index (χ0) is 15.4. The first-order valence-corrected chi connectivity index (χ1v) is 5.90. The Bertz CT molecular complexity index is 694. The molecule has 0 unspecified atom stereocenters. The van der Waals surface area contributed by atoms with Crippen LogP contribution in [0.3, 0.4) is 0 Å². The summed E-state index contributed by atoms with van der Waals surface area (Å²) in [7, 11) is 3.50. The largest absolute Gasteiger partial charge is 0.347 e. The highest BCUT2D eigenvalue weighted by molar-refractivity contribution is 5.57. The summed E-state index contributed by atoms with van der Waals surface area (Å²) < 4.78 is 13.8. The number of hydrogen-bond acceptors (Lipinski definition) is 8. The molecule has 21 heavy (non-hydrogen) atoms. The summed E-state index contributed by atoms with van der Waals surface area (Å²) in [5.74, 6) is 5.34. The molecule has 0 bridgehead atoms. The Morgan fingerprint density at radius 3 is 2.52 bits per heavy atom. The maximum atomic E-state index is 13.8. The Labute approximate surface area is 120 Å². The van der Waals surface area contributed by atoms with E-state index in [1.165, 1.54) is 12.1 Å². The second kappa shape index (κ2) is 5.98. The van der Waals surface area contributed by atoms with Crippen LogP contribution < -0.4 is 21.5 Å². The lowest BCUT2D eigenvalue weighted by atomic mass is 10.2. The van der Waals surface area contributed by atoms with E-state index in [4.69, 9.17) is 11.1 Å². The minimum Gasteiger partial charge on any atom is -0.347 e. The fourth-order valence-corrected chi connectivity index (χ4v) is 1.49. The lowest BCUT2D eigenvalue weighted by Crippen LogP contribution is -2.18. The molecule has 0 aliphatic carbocycles. The van der Waals surface area contributed by atoms with E-state index in [1.54, 1.807) is 19.0 Å². The molecule has 1 aromatic carbocycles. The Kier molecular flexibility index (Phi) is 4.10. The van der Waals surface area contributed by atoms with E-state index in [-0.39, 0.29) is 23.1 Å². The number of nitrogens with one attached hydrogen (secondary N) is 2. The Morgan fingerprint density at radius 2 is 1.95 bits per heavy atom. The number of anilines is 4. The van der Waals surface area contributed by atoms with Crippen LogP contribution in [0.15, 0.2) is 18.2 Å². The van der Waals surface area contributed by atoms with Gasteiger partial charge in [-0.1, -0.05) is 0 Å². The average molecular weight is 288 g/mol. The fourth-order valence-electron chi connectivity index (χ4n) is 1.49. The maximum absolute atomic E-state index is 13.8. The number of benzene rings is 1. The highest BCUT2D eigenvalue weighted by atomic mass is 19.1. The molecule has 0 amide bonds. The van der Waals surface area contributed by atoms with Crippen molar-refractivity contribution in [2.75, 3.05) is 29.7 Å². The van der Waals surface area contributed by atoms with E-state index in [9.17, 15) is 4.39 Å². The summed E-state index contributed by atoms with van der Waals surface area (Å²) >= 11 is 0. The number of hydrogen-bond donors (Lipinski definition) is 3. The molecular formula is C12H13FN8. The van der Waals surface area contributed by atoms with Gasteiger partial charge in [0, 0.05) is 14.1 Å². The maximum Gasteiger partial charge on any atom is 0.243 e. The van der Waals surface area contributed by atoms with Gasteiger partial charge in [-0.15, -0.1) is 0 Å². The van der Waals surface area contributed by atoms with Gasteiger partial charge in [0.05, 0.1) is 17.3 Å². The van der Waals surface area contributed by atoms with E-state index in [0.717, 1.165) is 6.07 Å². The van der Waals surface area contributed by atoms with Crippen LogP contribution in [-0.2, 0) is 0 Å². The van der Waals surface area contributed by atoms with Crippen molar-refractivity contribution in [1.29, 1.82) is 5.26 Å². The van der Waals surface area contributed by atoms with Crippen molar-refractivity contribution in [2.24, 2.45) is 5.84 Å². The lowest BCUT2D eigenvalue weighted by molar-refractivity contribution is 0.631. The highest BCUT2D eigenvalue weighted by Gasteiger charge is 2.10. The first-order valence-electron chi connectivity index (χ1n) is 5.90. The predicted octanol–water partition coefficient (Wildman–Crippen LogP) is 0.978. The van der Waals surface area contributed by atoms with Gasteiger partial charge in [-0.25, -0.2) is 10.2 Å². The zero-order valence-corrected chi connectivity index (χ0v) is 11.4. The van der Waals surface area contributed by atoms with Gasteiger partial charge in [0.2, 0.25) is 17.8 Å². The number of nitrogens with two attached hydrogens (primary N) is 1. The van der Waals surface area contributed by atoms with Gasteiger partial charge in [-0.2, -0.15) is 20.2 Å². The minimum atomic E-state index is -0.580. The summed E-state index contributed by atoms with van der Waals surface area (Å²) in [5, 5.41) is 11.4. The van der Waals surface area contributed by atoms with Gasteiger partial charge >= 0.3 is 0 Å². The number of rotatable bonds is 4. The third-order valence-corrected chi connectivity index (χ3v) is 2.50. The Hall–Kier alpha value is -2.99. The molecule has 0 saturated carbocycles. The van der Waals surface area contributed by atoms with Crippen molar-refractivity contribution in [1.82, 2.24) is 15.0 Å². The summed E-state index contributed by atoms with van der Waals surface area (Å²) in [6.07, 6.45) is 0. The number of nitrogen functional groups attached to an aromatic ring is 1. The van der Waals surface area contributed by atoms with Gasteiger partial charge in [0.25, 0.3) is 0 Å². The topological polar surface area (TPSA) is 116 Å². The van der Waals surface area contributed by atoms with E-state index in [0.29, 0.717) is 5.95 Å². The number of halogens is 1. The molecule has 0 atom stereocenters. The fraction of sp³-hybridized carbons (Fsp3) is 0.167. The zero-order valence-electron chi connectivity index (χ0n) is 11.4. The molecule has 8 nitrogen and oxygen atoms in total. The van der Waals surface area contributed by atoms with Gasteiger partial charge < -0.3 is 10.2 Å². The molecule has 0 aliphatic heterocycles. The predicted molar refractivity (Wildman–Crippen MR) is 76.4 cm³/mol. The molecule has 2 rings (SSSR count). The Morgan fingerprint density at radius 1 is 1.24 bits per heavy atom. The molecule has 1 aromatic heterocycles. The number of nitrogens with zero attached hydrogens (tertiary/aromatic N) is 5. The van der Waals surface area contributed by atoms with Crippen molar-refractivity contribution < 1.29 is 4.39 Å². The molecule has 0 fully saturated rings. The van der Waals surface area contributed by atoms with Crippen molar-refractivity contribution >= 4 is 23.5 Å². The second-order valence-electron chi connectivity index (χ2n) is 4.25. The number of nitriles is 1. The van der Waals surface area contributed by atoms with Gasteiger partial charge in [-0.05, 0) is 18.2 Å². The van der Waals surface area contributed by atoms with Crippen LogP contribution in [0.2, 0.25) is 0 Å². The normalized spacial score (nSPS) is 9.86. The first-order chi connectivity index (χ1) is 10.0. The van der Waals surface area contributed by atoms with E-state index >= 15 is 0 Å².